The summed E-state index contributed by atoms with van der Waals surface area (Å²) in [5.74, 6) is 0. The number of halogens is 1. The Morgan fingerprint density at radius 1 is 1.04 bits per heavy atom. The first-order valence-electron chi connectivity index (χ1n) is 8.71. The molecule has 1 heterocycles. The van der Waals surface area contributed by atoms with E-state index >= 15 is 0 Å². The maximum Gasteiger partial charge on any atom is 0.104 e. The van der Waals surface area contributed by atoms with Crippen LogP contribution in [0, 0.1) is 0 Å². The molecule has 2 nitrogen and oxygen atoms in total. The van der Waals surface area contributed by atoms with Gasteiger partial charge in [0, 0.05) is 11.8 Å². The summed E-state index contributed by atoms with van der Waals surface area (Å²) >= 11 is 0. The molecule has 3 atom stereocenters. The zero-order valence-corrected chi connectivity index (χ0v) is 13.8. The first-order chi connectivity index (χ1) is 11.8. The molecule has 0 radical (unpaired) electrons. The van der Waals surface area contributed by atoms with Crippen LogP contribution in [0.2, 0.25) is 0 Å². The van der Waals surface area contributed by atoms with Crippen molar-refractivity contribution in [3.63, 3.8) is 0 Å². The van der Waals surface area contributed by atoms with E-state index in [1.54, 1.807) is 0 Å². The first-order valence-corrected chi connectivity index (χ1v) is 8.71. The lowest BCUT2D eigenvalue weighted by Crippen LogP contribution is -2.46. The van der Waals surface area contributed by atoms with E-state index in [9.17, 15) is 4.39 Å². The van der Waals surface area contributed by atoms with Gasteiger partial charge in [0.05, 0.1) is 25.9 Å². The van der Waals surface area contributed by atoms with E-state index in [4.69, 9.17) is 9.47 Å². The molecule has 4 rings (SSSR count). The van der Waals surface area contributed by atoms with E-state index in [0.717, 1.165) is 12.0 Å². The second-order valence-corrected chi connectivity index (χ2v) is 7.09. The van der Waals surface area contributed by atoms with E-state index in [1.807, 2.05) is 42.5 Å². The Morgan fingerprint density at radius 2 is 1.83 bits per heavy atom. The summed E-state index contributed by atoms with van der Waals surface area (Å²) < 4.78 is 26.5. The van der Waals surface area contributed by atoms with Crippen LogP contribution in [0.3, 0.4) is 0 Å². The minimum atomic E-state index is -0.839. The van der Waals surface area contributed by atoms with Crippen LogP contribution in [-0.2, 0) is 28.1 Å². The SMILES string of the molecule is FC1CC(OCc2ccccc2)CC2(COCc3ccccc32)C1. The average Bonchev–Trinajstić information content (AvgIpc) is 2.61. The van der Waals surface area contributed by atoms with Gasteiger partial charge < -0.3 is 9.47 Å². The van der Waals surface area contributed by atoms with E-state index in [0.29, 0.717) is 32.7 Å². The average molecular weight is 326 g/mol. The highest BCUT2D eigenvalue weighted by Gasteiger charge is 2.45. The molecule has 2 aromatic rings. The molecule has 3 heteroatoms. The molecular formula is C21H23FO2. The minimum Gasteiger partial charge on any atom is -0.376 e. The predicted molar refractivity (Wildman–Crippen MR) is 91.5 cm³/mol. The zero-order valence-electron chi connectivity index (χ0n) is 13.8. The molecule has 0 amide bonds. The molecule has 0 bridgehead atoms. The van der Waals surface area contributed by atoms with Crippen LogP contribution in [0.25, 0.3) is 0 Å². The van der Waals surface area contributed by atoms with Crippen LogP contribution in [0.15, 0.2) is 54.6 Å². The van der Waals surface area contributed by atoms with Gasteiger partial charge in [0.2, 0.25) is 0 Å². The summed E-state index contributed by atoms with van der Waals surface area (Å²) in [5, 5.41) is 0. The third kappa shape index (κ3) is 3.11. The second kappa shape index (κ2) is 6.66. The maximum absolute atomic E-state index is 14.5. The second-order valence-electron chi connectivity index (χ2n) is 7.09. The Labute approximate surface area is 142 Å². The van der Waals surface area contributed by atoms with Crippen LogP contribution in [0.1, 0.15) is 36.0 Å². The van der Waals surface area contributed by atoms with Gasteiger partial charge in [-0.2, -0.15) is 0 Å². The van der Waals surface area contributed by atoms with Gasteiger partial charge in [-0.3, -0.25) is 0 Å². The molecule has 1 aliphatic heterocycles. The van der Waals surface area contributed by atoms with E-state index < -0.39 is 6.17 Å². The Morgan fingerprint density at radius 3 is 2.71 bits per heavy atom. The first kappa shape index (κ1) is 15.8. The van der Waals surface area contributed by atoms with Gasteiger partial charge in [0.15, 0.2) is 0 Å². The normalized spacial score (nSPS) is 29.4. The zero-order chi connectivity index (χ0) is 16.4. The number of fused-ring (bicyclic) bond motifs is 2. The number of alkyl halides is 1. The van der Waals surface area contributed by atoms with Gasteiger partial charge in [-0.1, -0.05) is 54.6 Å². The van der Waals surface area contributed by atoms with Gasteiger partial charge in [-0.05, 0) is 29.5 Å². The van der Waals surface area contributed by atoms with Gasteiger partial charge in [0.1, 0.15) is 6.17 Å². The fraction of sp³-hybridized carbons (Fsp3) is 0.429. The van der Waals surface area contributed by atoms with Crippen molar-refractivity contribution in [3.05, 3.63) is 71.3 Å². The molecule has 1 fully saturated rings. The lowest BCUT2D eigenvalue weighted by molar-refractivity contribution is -0.0598. The molecule has 1 spiro atoms. The number of hydrogen-bond acceptors (Lipinski definition) is 2. The van der Waals surface area contributed by atoms with E-state index in [-0.39, 0.29) is 11.5 Å². The topological polar surface area (TPSA) is 18.5 Å². The van der Waals surface area contributed by atoms with Crippen molar-refractivity contribution >= 4 is 0 Å². The molecular weight excluding hydrogens is 303 g/mol. The third-order valence-electron chi connectivity index (χ3n) is 5.30. The van der Waals surface area contributed by atoms with Crippen molar-refractivity contribution in [1.29, 1.82) is 0 Å². The molecule has 126 valence electrons. The Hall–Kier alpha value is -1.71. The van der Waals surface area contributed by atoms with Gasteiger partial charge in [-0.25, -0.2) is 4.39 Å². The third-order valence-corrected chi connectivity index (χ3v) is 5.30. The molecule has 1 aliphatic carbocycles. The van der Waals surface area contributed by atoms with Crippen LogP contribution < -0.4 is 0 Å². The van der Waals surface area contributed by atoms with Gasteiger partial charge in [-0.15, -0.1) is 0 Å². The molecule has 2 aliphatic rings. The summed E-state index contributed by atoms with van der Waals surface area (Å²) in [5.41, 5.74) is 3.34. The number of hydrogen-bond donors (Lipinski definition) is 0. The molecule has 24 heavy (non-hydrogen) atoms. The Kier molecular flexibility index (Phi) is 4.38. The standard InChI is InChI=1S/C21H23FO2/c22-18-10-19(24-13-16-6-2-1-3-7-16)12-21(11-18)15-23-14-17-8-4-5-9-20(17)21/h1-9,18-19H,10-15H2. The van der Waals surface area contributed by atoms with Crippen LogP contribution in [-0.4, -0.2) is 18.9 Å². The quantitative estimate of drug-likeness (QED) is 0.823. The highest BCUT2D eigenvalue weighted by molar-refractivity contribution is 5.37. The number of ether oxygens (including phenoxy) is 2. The highest BCUT2D eigenvalue weighted by atomic mass is 19.1. The summed E-state index contributed by atoms with van der Waals surface area (Å²) in [6, 6.07) is 18.4. The minimum absolute atomic E-state index is 0.0660. The van der Waals surface area contributed by atoms with Gasteiger partial charge in [0.25, 0.3) is 0 Å². The van der Waals surface area contributed by atoms with Crippen molar-refractivity contribution in [2.24, 2.45) is 0 Å². The fourth-order valence-corrected chi connectivity index (χ4v) is 4.25. The highest BCUT2D eigenvalue weighted by Crippen LogP contribution is 2.45. The number of benzene rings is 2. The lowest BCUT2D eigenvalue weighted by Gasteiger charge is -2.45. The van der Waals surface area contributed by atoms with E-state index in [1.165, 1.54) is 11.1 Å². The van der Waals surface area contributed by atoms with Crippen molar-refractivity contribution in [2.45, 2.75) is 50.2 Å². The monoisotopic (exact) mass is 326 g/mol. The molecule has 1 saturated carbocycles. The van der Waals surface area contributed by atoms with Crippen molar-refractivity contribution < 1.29 is 13.9 Å². The van der Waals surface area contributed by atoms with Crippen molar-refractivity contribution in [1.82, 2.24) is 0 Å². The largest absolute Gasteiger partial charge is 0.376 e. The van der Waals surface area contributed by atoms with Crippen LogP contribution >= 0.6 is 0 Å². The summed E-state index contributed by atoms with van der Waals surface area (Å²) in [7, 11) is 0. The number of rotatable bonds is 3. The van der Waals surface area contributed by atoms with Gasteiger partial charge >= 0.3 is 0 Å². The predicted octanol–water partition coefficient (Wildman–Crippen LogP) is 4.56. The van der Waals surface area contributed by atoms with E-state index in [2.05, 4.69) is 12.1 Å². The maximum atomic E-state index is 14.5. The molecule has 0 N–H and O–H groups in total. The lowest BCUT2D eigenvalue weighted by atomic mass is 9.66. The smallest absolute Gasteiger partial charge is 0.104 e. The summed E-state index contributed by atoms with van der Waals surface area (Å²) in [6.45, 7) is 1.76. The van der Waals surface area contributed by atoms with Crippen LogP contribution in [0.5, 0.6) is 0 Å². The molecule has 0 aromatic heterocycles. The Bertz CT molecular complexity index is 687. The molecule has 2 aromatic carbocycles. The van der Waals surface area contributed by atoms with Crippen molar-refractivity contribution in [3.8, 4) is 0 Å². The van der Waals surface area contributed by atoms with Crippen LogP contribution in [0.4, 0.5) is 4.39 Å². The van der Waals surface area contributed by atoms with Crippen molar-refractivity contribution in [2.75, 3.05) is 6.61 Å². The summed E-state index contributed by atoms with van der Waals surface area (Å²) in [4.78, 5) is 0. The summed E-state index contributed by atoms with van der Waals surface area (Å²) in [6.07, 6.45) is 0.946. The molecule has 3 unspecified atom stereocenters. The fourth-order valence-electron chi connectivity index (χ4n) is 4.25. The molecule has 0 saturated heterocycles. The Balaban J connectivity index is 1.53.